The lowest BCUT2D eigenvalue weighted by Crippen LogP contribution is -2.39. The molecule has 3 N–H and O–H groups in total. The van der Waals surface area contributed by atoms with E-state index in [1.165, 1.54) is 32.2 Å². The summed E-state index contributed by atoms with van der Waals surface area (Å²) in [6.45, 7) is 3.69. The molecule has 0 saturated carbocycles. The zero-order chi connectivity index (χ0) is 15.3. The number of hydrogen-bond acceptors (Lipinski definition) is 5. The van der Waals surface area contributed by atoms with Crippen LogP contribution in [0.5, 0.6) is 0 Å². The molecule has 0 bridgehead atoms. The minimum absolute atomic E-state index is 0.0959. The fourth-order valence-corrected chi connectivity index (χ4v) is 2.96. The molecule has 1 aromatic carbocycles. The number of hydrogen-bond donors (Lipinski definition) is 2. The normalized spacial score (nSPS) is 12.9. The second-order valence-electron chi connectivity index (χ2n) is 4.49. The summed E-state index contributed by atoms with van der Waals surface area (Å²) in [6, 6.07) is 4.41. The van der Waals surface area contributed by atoms with Crippen LogP contribution in [-0.4, -0.2) is 39.8 Å². The molecule has 112 valence electrons. The van der Waals surface area contributed by atoms with Crippen LogP contribution in [0.25, 0.3) is 0 Å². The molecule has 0 aliphatic carbocycles. The maximum Gasteiger partial charge on any atom is 0.238 e. The number of carbonyl (C=O) groups excluding carboxylic acids is 1. The molecule has 0 saturated heterocycles. The van der Waals surface area contributed by atoms with Gasteiger partial charge in [0, 0.05) is 19.3 Å². The fraction of sp³-hybridized carbons (Fsp3) is 0.462. The van der Waals surface area contributed by atoms with E-state index in [0.717, 1.165) is 0 Å². The van der Waals surface area contributed by atoms with E-state index in [4.69, 9.17) is 10.5 Å². The first kappa shape index (κ1) is 16.5. The van der Waals surface area contributed by atoms with E-state index in [2.05, 4.69) is 5.32 Å². The number of methoxy groups -OCH3 is 1. The number of ether oxygens (including phenoxy) is 1. The fourth-order valence-electron chi connectivity index (χ4n) is 1.59. The van der Waals surface area contributed by atoms with E-state index in [1.54, 1.807) is 6.92 Å². The van der Waals surface area contributed by atoms with Crippen molar-refractivity contribution in [2.24, 2.45) is 0 Å². The van der Waals surface area contributed by atoms with Gasteiger partial charge in [0.1, 0.15) is 5.25 Å². The quantitative estimate of drug-likeness (QED) is 0.589. The summed E-state index contributed by atoms with van der Waals surface area (Å²) in [6.07, 6.45) is 0. The molecule has 0 fully saturated rings. The van der Waals surface area contributed by atoms with Gasteiger partial charge < -0.3 is 15.8 Å². The van der Waals surface area contributed by atoms with Gasteiger partial charge in [-0.05, 0) is 37.6 Å². The van der Waals surface area contributed by atoms with Crippen molar-refractivity contribution in [3.8, 4) is 0 Å². The van der Waals surface area contributed by atoms with Crippen molar-refractivity contribution in [1.82, 2.24) is 5.32 Å². The number of amides is 1. The molecule has 1 amide bonds. The topological polar surface area (TPSA) is 98.5 Å². The molecule has 0 spiro atoms. The molecule has 1 atom stereocenters. The van der Waals surface area contributed by atoms with Crippen LogP contribution in [0.2, 0.25) is 0 Å². The summed E-state index contributed by atoms with van der Waals surface area (Å²) in [4.78, 5) is 11.9. The number of carbonyl (C=O) groups is 1. The van der Waals surface area contributed by atoms with Gasteiger partial charge in [-0.3, -0.25) is 4.79 Å². The largest absolute Gasteiger partial charge is 0.399 e. The SMILES string of the molecule is COCCNC(=O)C(C)S(=O)(=O)c1ccc(N)c(C)c1. The van der Waals surface area contributed by atoms with Crippen LogP contribution in [0.1, 0.15) is 12.5 Å². The Kier molecular flexibility index (Phi) is 5.52. The van der Waals surface area contributed by atoms with Gasteiger partial charge in [0.25, 0.3) is 0 Å². The third-order valence-corrected chi connectivity index (χ3v) is 5.07. The Bertz CT molecular complexity index is 584. The molecule has 6 nitrogen and oxygen atoms in total. The molecular formula is C13H20N2O4S. The maximum atomic E-state index is 12.3. The van der Waals surface area contributed by atoms with Crippen molar-refractivity contribution >= 4 is 21.4 Å². The van der Waals surface area contributed by atoms with Gasteiger partial charge in [-0.2, -0.15) is 0 Å². The average Bonchev–Trinajstić information content (AvgIpc) is 2.40. The standard InChI is InChI=1S/C13H20N2O4S/c1-9-8-11(4-5-12(9)14)20(17,18)10(2)13(16)15-6-7-19-3/h4-5,8,10H,6-7,14H2,1-3H3,(H,15,16). The zero-order valence-electron chi connectivity index (χ0n) is 11.8. The predicted octanol–water partition coefficient (Wildman–Crippen LogP) is 0.502. The number of aryl methyl sites for hydroxylation is 1. The number of sulfone groups is 1. The second kappa shape index (κ2) is 6.71. The summed E-state index contributed by atoms with van der Waals surface area (Å²) in [5, 5.41) is 1.35. The van der Waals surface area contributed by atoms with Crippen molar-refractivity contribution in [2.75, 3.05) is 26.0 Å². The van der Waals surface area contributed by atoms with Crippen LogP contribution in [-0.2, 0) is 19.4 Å². The van der Waals surface area contributed by atoms with Crippen LogP contribution in [0.3, 0.4) is 0 Å². The van der Waals surface area contributed by atoms with Crippen molar-refractivity contribution in [1.29, 1.82) is 0 Å². The molecule has 20 heavy (non-hydrogen) atoms. The first-order valence-corrected chi connectivity index (χ1v) is 7.72. The highest BCUT2D eigenvalue weighted by atomic mass is 32.2. The Morgan fingerprint density at radius 3 is 2.65 bits per heavy atom. The molecule has 0 aliphatic heterocycles. The molecule has 1 unspecified atom stereocenters. The predicted molar refractivity (Wildman–Crippen MR) is 77.1 cm³/mol. The molecular weight excluding hydrogens is 280 g/mol. The number of anilines is 1. The van der Waals surface area contributed by atoms with E-state index < -0.39 is 21.0 Å². The third-order valence-electron chi connectivity index (χ3n) is 3.01. The lowest BCUT2D eigenvalue weighted by molar-refractivity contribution is -0.120. The second-order valence-corrected chi connectivity index (χ2v) is 6.76. The zero-order valence-corrected chi connectivity index (χ0v) is 12.7. The number of rotatable bonds is 6. The molecule has 1 rings (SSSR count). The monoisotopic (exact) mass is 300 g/mol. The summed E-state index contributed by atoms with van der Waals surface area (Å²) < 4.78 is 29.5. The van der Waals surface area contributed by atoms with Gasteiger partial charge in [-0.1, -0.05) is 0 Å². The van der Waals surface area contributed by atoms with Crippen molar-refractivity contribution < 1.29 is 17.9 Å². The van der Waals surface area contributed by atoms with Crippen LogP contribution in [0.15, 0.2) is 23.1 Å². The molecule has 0 aromatic heterocycles. The Hall–Kier alpha value is -1.60. The van der Waals surface area contributed by atoms with Crippen LogP contribution < -0.4 is 11.1 Å². The Balaban J connectivity index is 2.91. The molecule has 0 radical (unpaired) electrons. The van der Waals surface area contributed by atoms with Gasteiger partial charge in [0.2, 0.25) is 5.91 Å². The smallest absolute Gasteiger partial charge is 0.238 e. The first-order chi connectivity index (χ1) is 9.30. The summed E-state index contributed by atoms with van der Waals surface area (Å²) in [5.41, 5.74) is 6.84. The van der Waals surface area contributed by atoms with E-state index in [0.29, 0.717) is 17.9 Å². The van der Waals surface area contributed by atoms with E-state index >= 15 is 0 Å². The highest BCUT2D eigenvalue weighted by Crippen LogP contribution is 2.20. The minimum Gasteiger partial charge on any atom is -0.399 e. The number of benzene rings is 1. The van der Waals surface area contributed by atoms with Crippen LogP contribution in [0, 0.1) is 6.92 Å². The molecule has 0 aliphatic rings. The number of nitrogens with two attached hydrogens (primary N) is 1. The van der Waals surface area contributed by atoms with Crippen LogP contribution >= 0.6 is 0 Å². The van der Waals surface area contributed by atoms with Gasteiger partial charge in [-0.25, -0.2) is 8.42 Å². The van der Waals surface area contributed by atoms with E-state index in [1.807, 2.05) is 0 Å². The molecule has 1 aromatic rings. The summed E-state index contributed by atoms with van der Waals surface area (Å²) in [7, 11) is -2.22. The lowest BCUT2D eigenvalue weighted by atomic mass is 10.2. The van der Waals surface area contributed by atoms with Gasteiger partial charge in [-0.15, -0.1) is 0 Å². The van der Waals surface area contributed by atoms with Crippen molar-refractivity contribution in [3.05, 3.63) is 23.8 Å². The summed E-state index contributed by atoms with van der Waals surface area (Å²) >= 11 is 0. The lowest BCUT2D eigenvalue weighted by Gasteiger charge is -2.14. The highest BCUT2D eigenvalue weighted by Gasteiger charge is 2.29. The molecule has 7 heteroatoms. The molecule has 0 heterocycles. The Morgan fingerprint density at radius 1 is 1.45 bits per heavy atom. The maximum absolute atomic E-state index is 12.3. The van der Waals surface area contributed by atoms with Gasteiger partial charge in [0.15, 0.2) is 9.84 Å². The van der Waals surface area contributed by atoms with Gasteiger partial charge >= 0.3 is 0 Å². The third kappa shape index (κ3) is 3.71. The Morgan fingerprint density at radius 2 is 2.10 bits per heavy atom. The van der Waals surface area contributed by atoms with Crippen molar-refractivity contribution in [3.63, 3.8) is 0 Å². The average molecular weight is 300 g/mol. The van der Waals surface area contributed by atoms with Gasteiger partial charge in [0.05, 0.1) is 11.5 Å². The van der Waals surface area contributed by atoms with E-state index in [9.17, 15) is 13.2 Å². The number of nitrogens with one attached hydrogen (secondary N) is 1. The Labute approximate surface area is 119 Å². The van der Waals surface area contributed by atoms with Crippen LogP contribution in [0.4, 0.5) is 5.69 Å². The highest BCUT2D eigenvalue weighted by molar-refractivity contribution is 7.92. The minimum atomic E-state index is -3.72. The number of nitrogen functional groups attached to an aromatic ring is 1. The van der Waals surface area contributed by atoms with Crippen molar-refractivity contribution in [2.45, 2.75) is 24.0 Å². The first-order valence-electron chi connectivity index (χ1n) is 6.17. The van der Waals surface area contributed by atoms with E-state index in [-0.39, 0.29) is 11.4 Å². The summed E-state index contributed by atoms with van der Waals surface area (Å²) in [5.74, 6) is -0.545.